The first-order valence-electron chi connectivity index (χ1n) is 8.44. The maximum atomic E-state index is 11.9. The molecule has 28 heavy (non-hydrogen) atoms. The van der Waals surface area contributed by atoms with Crippen LogP contribution in [0.3, 0.4) is 0 Å². The van der Waals surface area contributed by atoms with Gasteiger partial charge in [0.25, 0.3) is 5.91 Å². The number of amides is 5. The standard InChI is InChI=1S/C17H21N5O6/c18-17(27)12-5-10-1-3-11(4-2-10)28-9-16(26)21-7-14(24)19-6-13(23)20-8-15(25)22-12/h1-4,12H,5-9H2,(H2,18,27)(H,19,24)(H,20,23)(H,21,26)(H,22,25)/t12-/m0/s1. The summed E-state index contributed by atoms with van der Waals surface area (Å²) in [7, 11) is 0. The van der Waals surface area contributed by atoms with E-state index >= 15 is 0 Å². The highest BCUT2D eigenvalue weighted by molar-refractivity contribution is 5.91. The van der Waals surface area contributed by atoms with Crippen LogP contribution in [0.2, 0.25) is 0 Å². The van der Waals surface area contributed by atoms with Crippen LogP contribution in [0.5, 0.6) is 5.75 Å². The number of benzene rings is 1. The molecule has 0 unspecified atom stereocenters. The van der Waals surface area contributed by atoms with Crippen LogP contribution >= 0.6 is 0 Å². The van der Waals surface area contributed by atoms with Crippen molar-refractivity contribution in [3.05, 3.63) is 29.8 Å². The molecule has 0 saturated heterocycles. The van der Waals surface area contributed by atoms with Gasteiger partial charge in [0.2, 0.25) is 23.6 Å². The molecule has 2 bridgehead atoms. The second kappa shape index (κ2) is 9.90. The fourth-order valence-corrected chi connectivity index (χ4v) is 2.29. The zero-order chi connectivity index (χ0) is 20.5. The number of nitrogens with two attached hydrogens (primary N) is 1. The molecule has 1 atom stereocenters. The molecule has 0 saturated carbocycles. The van der Waals surface area contributed by atoms with Gasteiger partial charge < -0.3 is 31.7 Å². The molecule has 3 rings (SSSR count). The van der Waals surface area contributed by atoms with E-state index in [9.17, 15) is 24.0 Å². The minimum absolute atomic E-state index is 0.145. The van der Waals surface area contributed by atoms with Crippen LogP contribution < -0.4 is 31.7 Å². The molecule has 150 valence electrons. The van der Waals surface area contributed by atoms with Crippen molar-refractivity contribution < 1.29 is 28.7 Å². The topological polar surface area (TPSA) is 169 Å². The highest BCUT2D eigenvalue weighted by atomic mass is 16.5. The Morgan fingerprint density at radius 2 is 1.39 bits per heavy atom. The normalized spacial score (nSPS) is 19.6. The summed E-state index contributed by atoms with van der Waals surface area (Å²) in [5.41, 5.74) is 6.04. The van der Waals surface area contributed by atoms with Crippen LogP contribution in [0.1, 0.15) is 5.56 Å². The predicted molar refractivity (Wildman–Crippen MR) is 95.8 cm³/mol. The first-order valence-corrected chi connectivity index (χ1v) is 8.44. The predicted octanol–water partition coefficient (Wildman–Crippen LogP) is -3.06. The molecule has 5 amide bonds. The lowest BCUT2D eigenvalue weighted by Gasteiger charge is -2.16. The SMILES string of the molecule is NC(=O)[C@@H]1Cc2ccc(cc2)OCC(=O)NCC(=O)NCC(=O)NCC(=O)N1. The molecule has 0 spiro atoms. The molecule has 6 N–H and O–H groups in total. The van der Waals surface area contributed by atoms with Gasteiger partial charge in [-0.3, -0.25) is 24.0 Å². The Kier molecular flexibility index (Phi) is 7.31. The second-order valence-electron chi connectivity index (χ2n) is 5.99. The summed E-state index contributed by atoms with van der Waals surface area (Å²) >= 11 is 0. The zero-order valence-corrected chi connectivity index (χ0v) is 14.9. The molecule has 0 aliphatic carbocycles. The van der Waals surface area contributed by atoms with E-state index in [2.05, 4.69) is 21.3 Å². The van der Waals surface area contributed by atoms with Gasteiger partial charge in [-0.25, -0.2) is 0 Å². The summed E-state index contributed by atoms with van der Waals surface area (Å²) in [6, 6.07) is 5.56. The van der Waals surface area contributed by atoms with E-state index in [4.69, 9.17) is 10.5 Å². The van der Waals surface area contributed by atoms with Gasteiger partial charge in [-0.1, -0.05) is 12.1 Å². The van der Waals surface area contributed by atoms with Crippen LogP contribution in [0, 0.1) is 0 Å². The summed E-state index contributed by atoms with van der Waals surface area (Å²) in [5.74, 6) is -2.62. The molecule has 0 fully saturated rings. The molecule has 0 radical (unpaired) electrons. The minimum Gasteiger partial charge on any atom is -0.484 e. The Balaban J connectivity index is 2.10. The van der Waals surface area contributed by atoms with Gasteiger partial charge in [0.1, 0.15) is 11.8 Å². The van der Waals surface area contributed by atoms with Gasteiger partial charge in [0, 0.05) is 6.42 Å². The van der Waals surface area contributed by atoms with Gasteiger partial charge in [-0.05, 0) is 17.7 Å². The largest absolute Gasteiger partial charge is 0.484 e. The monoisotopic (exact) mass is 391 g/mol. The summed E-state index contributed by atoms with van der Waals surface area (Å²) in [4.78, 5) is 58.5. The second-order valence-corrected chi connectivity index (χ2v) is 5.99. The quantitative estimate of drug-likeness (QED) is 0.318. The van der Waals surface area contributed by atoms with Crippen molar-refractivity contribution >= 4 is 29.5 Å². The van der Waals surface area contributed by atoms with Crippen molar-refractivity contribution in [2.75, 3.05) is 26.2 Å². The maximum Gasteiger partial charge on any atom is 0.258 e. The van der Waals surface area contributed by atoms with E-state index in [1.807, 2.05) is 0 Å². The number of fused-ring (bicyclic) bond motifs is 16. The van der Waals surface area contributed by atoms with Gasteiger partial charge in [0.15, 0.2) is 6.61 Å². The molecule has 0 aromatic heterocycles. The van der Waals surface area contributed by atoms with Crippen molar-refractivity contribution in [1.29, 1.82) is 0 Å². The average Bonchev–Trinajstić information content (AvgIpc) is 2.67. The number of hydrogen-bond donors (Lipinski definition) is 5. The fraction of sp³-hybridized carbons (Fsp3) is 0.353. The van der Waals surface area contributed by atoms with E-state index in [1.165, 1.54) is 0 Å². The minimum atomic E-state index is -0.969. The Hall–Kier alpha value is -3.63. The molecule has 1 aromatic rings. The van der Waals surface area contributed by atoms with Crippen molar-refractivity contribution in [3.63, 3.8) is 0 Å². The summed E-state index contributed by atoms with van der Waals surface area (Å²) in [6.07, 6.45) is 0.145. The zero-order valence-electron chi connectivity index (χ0n) is 14.9. The Morgan fingerprint density at radius 3 is 1.96 bits per heavy atom. The maximum absolute atomic E-state index is 11.9. The molecule has 1 aromatic carbocycles. The number of primary amides is 1. The van der Waals surface area contributed by atoms with Gasteiger partial charge in [-0.15, -0.1) is 0 Å². The van der Waals surface area contributed by atoms with E-state index in [0.29, 0.717) is 11.3 Å². The van der Waals surface area contributed by atoms with E-state index in [1.54, 1.807) is 24.3 Å². The van der Waals surface area contributed by atoms with Gasteiger partial charge in [0.05, 0.1) is 19.6 Å². The third-order valence-corrected chi connectivity index (χ3v) is 3.75. The highest BCUT2D eigenvalue weighted by Gasteiger charge is 2.19. The molecular weight excluding hydrogens is 370 g/mol. The number of rotatable bonds is 1. The molecule has 2 aliphatic heterocycles. The molecule has 11 nitrogen and oxygen atoms in total. The highest BCUT2D eigenvalue weighted by Crippen LogP contribution is 2.13. The molecule has 2 heterocycles. The van der Waals surface area contributed by atoms with Crippen LogP contribution in [-0.4, -0.2) is 61.8 Å². The first-order chi connectivity index (χ1) is 13.3. The summed E-state index contributed by atoms with van der Waals surface area (Å²) in [5, 5.41) is 9.40. The number of ether oxygens (including phenoxy) is 1. The van der Waals surface area contributed by atoms with Gasteiger partial charge in [-0.2, -0.15) is 0 Å². The van der Waals surface area contributed by atoms with E-state index < -0.39 is 35.6 Å². The van der Waals surface area contributed by atoms with E-state index in [0.717, 1.165) is 0 Å². The Bertz CT molecular complexity index is 764. The van der Waals surface area contributed by atoms with Crippen molar-refractivity contribution in [1.82, 2.24) is 21.3 Å². The van der Waals surface area contributed by atoms with Crippen LogP contribution in [0.15, 0.2) is 24.3 Å². The molecular formula is C17H21N5O6. The summed E-state index contributed by atoms with van der Waals surface area (Å²) < 4.78 is 5.31. The number of nitrogens with one attached hydrogen (secondary N) is 4. The molecule has 11 heteroatoms. The van der Waals surface area contributed by atoms with Gasteiger partial charge >= 0.3 is 0 Å². The Morgan fingerprint density at radius 1 is 0.857 bits per heavy atom. The van der Waals surface area contributed by atoms with Crippen molar-refractivity contribution in [3.8, 4) is 5.75 Å². The summed E-state index contributed by atoms with van der Waals surface area (Å²) in [6.45, 7) is -1.38. The van der Waals surface area contributed by atoms with Crippen LogP contribution in [0.4, 0.5) is 0 Å². The lowest BCUT2D eigenvalue weighted by molar-refractivity contribution is -0.129. The number of hydrogen-bond acceptors (Lipinski definition) is 6. The average molecular weight is 391 g/mol. The lowest BCUT2D eigenvalue weighted by Crippen LogP contribution is -2.50. The number of carbonyl (C=O) groups excluding carboxylic acids is 5. The first kappa shape index (κ1) is 20.7. The van der Waals surface area contributed by atoms with Crippen LogP contribution in [0.25, 0.3) is 0 Å². The van der Waals surface area contributed by atoms with Crippen molar-refractivity contribution in [2.24, 2.45) is 5.73 Å². The fourth-order valence-electron chi connectivity index (χ4n) is 2.29. The lowest BCUT2D eigenvalue weighted by atomic mass is 10.1. The van der Waals surface area contributed by atoms with Crippen LogP contribution in [-0.2, 0) is 30.4 Å². The van der Waals surface area contributed by atoms with Crippen molar-refractivity contribution in [2.45, 2.75) is 12.5 Å². The third-order valence-electron chi connectivity index (χ3n) is 3.75. The van der Waals surface area contributed by atoms with E-state index in [-0.39, 0.29) is 32.7 Å². The molecule has 2 aliphatic rings. The smallest absolute Gasteiger partial charge is 0.258 e. The third kappa shape index (κ3) is 6.94. The Labute approximate surface area is 160 Å². The number of carbonyl (C=O) groups is 5.